The number of hydrogen-bond acceptors (Lipinski definition) is 4. The molecule has 1 aromatic carbocycles. The molecule has 2 N–H and O–H groups in total. The number of ether oxygens (including phenoxy) is 1. The van der Waals surface area contributed by atoms with Crippen LogP contribution >= 0.6 is 36.4 Å². The summed E-state index contributed by atoms with van der Waals surface area (Å²) in [5, 5.41) is 0.794. The van der Waals surface area contributed by atoms with E-state index in [4.69, 9.17) is 22.1 Å². The van der Waals surface area contributed by atoms with Crippen LogP contribution in [-0.2, 0) is 9.53 Å². The summed E-state index contributed by atoms with van der Waals surface area (Å²) < 4.78 is 5.76. The quantitative estimate of drug-likeness (QED) is 0.714. The maximum absolute atomic E-state index is 13.2. The molecule has 1 aliphatic carbocycles. The highest BCUT2D eigenvalue weighted by Crippen LogP contribution is 2.50. The first kappa shape index (κ1) is 26.5. The molecule has 0 aromatic heterocycles. The summed E-state index contributed by atoms with van der Waals surface area (Å²) in [7, 11) is 0. The molecule has 1 aliphatic heterocycles. The number of piperazine rings is 1. The van der Waals surface area contributed by atoms with Gasteiger partial charge in [0.05, 0.1) is 6.10 Å². The highest BCUT2D eigenvalue weighted by atomic mass is 35.5. The molecular weight excluding hydrogens is 433 g/mol. The summed E-state index contributed by atoms with van der Waals surface area (Å²) in [6.45, 7) is 11.9. The third-order valence-electron chi connectivity index (χ3n) is 6.72. The smallest absolute Gasteiger partial charge is 0.243 e. The molecule has 5 nitrogen and oxygen atoms in total. The number of carbonyl (C=O) groups excluding carboxylic acids is 1. The zero-order valence-electron chi connectivity index (χ0n) is 17.7. The van der Waals surface area contributed by atoms with E-state index in [0.29, 0.717) is 26.1 Å². The van der Waals surface area contributed by atoms with Gasteiger partial charge in [0.15, 0.2) is 0 Å². The molecule has 1 amide bonds. The van der Waals surface area contributed by atoms with E-state index >= 15 is 0 Å². The Morgan fingerprint density at radius 2 is 1.83 bits per heavy atom. The van der Waals surface area contributed by atoms with Crippen LogP contribution < -0.4 is 5.73 Å². The second-order valence-corrected chi connectivity index (χ2v) is 8.77. The van der Waals surface area contributed by atoms with Crippen molar-refractivity contribution in [2.24, 2.45) is 11.1 Å². The number of carbonyl (C=O) groups is 1. The van der Waals surface area contributed by atoms with E-state index in [9.17, 15) is 4.79 Å². The molecule has 2 aliphatic rings. The lowest BCUT2D eigenvalue weighted by Gasteiger charge is -2.59. The molecule has 3 atom stereocenters. The van der Waals surface area contributed by atoms with Crippen molar-refractivity contribution in [1.29, 1.82) is 0 Å². The SMILES string of the molecule is CCOC1CC(N)(C(=O)N2CCN(C(C)c3ccccc3Cl)CC2)C1(C)C.Cl.Cl. The first-order valence-electron chi connectivity index (χ1n) is 9.90. The Hall–Kier alpha value is -0.560. The standard InChI is InChI=1S/C21H32ClN3O2.2ClH/c1-5-27-18-14-21(23,20(18,3)4)19(26)25-12-10-24(11-13-25)15(2)16-8-6-7-9-17(16)22;;/h6-9,15,18H,5,10-14,23H2,1-4H3;2*1H. The molecule has 2 fully saturated rings. The van der Waals surface area contributed by atoms with Gasteiger partial charge in [-0.3, -0.25) is 9.69 Å². The number of benzene rings is 1. The maximum Gasteiger partial charge on any atom is 0.243 e. The van der Waals surface area contributed by atoms with Crippen LogP contribution in [0.5, 0.6) is 0 Å². The molecule has 29 heavy (non-hydrogen) atoms. The van der Waals surface area contributed by atoms with Crippen molar-refractivity contribution >= 4 is 42.3 Å². The average molecular weight is 467 g/mol. The van der Waals surface area contributed by atoms with Gasteiger partial charge in [0.2, 0.25) is 5.91 Å². The van der Waals surface area contributed by atoms with Crippen LogP contribution in [0.15, 0.2) is 24.3 Å². The first-order valence-corrected chi connectivity index (χ1v) is 10.3. The zero-order chi connectivity index (χ0) is 19.8. The molecule has 3 unspecified atom stereocenters. The molecule has 8 heteroatoms. The topological polar surface area (TPSA) is 58.8 Å². The van der Waals surface area contributed by atoms with Gasteiger partial charge >= 0.3 is 0 Å². The Kier molecular flexibility index (Phi) is 9.28. The summed E-state index contributed by atoms with van der Waals surface area (Å²) >= 11 is 6.35. The number of nitrogens with two attached hydrogens (primary N) is 1. The Morgan fingerprint density at radius 3 is 2.34 bits per heavy atom. The fourth-order valence-electron chi connectivity index (χ4n) is 4.40. The number of hydrogen-bond donors (Lipinski definition) is 1. The molecular formula is C21H34Cl3N3O2. The molecule has 166 valence electrons. The second-order valence-electron chi connectivity index (χ2n) is 8.37. The van der Waals surface area contributed by atoms with Crippen LogP contribution in [0.3, 0.4) is 0 Å². The predicted molar refractivity (Wildman–Crippen MR) is 123 cm³/mol. The fourth-order valence-corrected chi connectivity index (χ4v) is 4.70. The van der Waals surface area contributed by atoms with Crippen molar-refractivity contribution < 1.29 is 9.53 Å². The zero-order valence-corrected chi connectivity index (χ0v) is 20.1. The lowest BCUT2D eigenvalue weighted by molar-refractivity contribution is -0.180. The molecule has 0 radical (unpaired) electrons. The van der Waals surface area contributed by atoms with E-state index in [1.54, 1.807) is 0 Å². The Labute approximate surface area is 192 Å². The number of nitrogens with zero attached hydrogens (tertiary/aromatic N) is 2. The van der Waals surface area contributed by atoms with Gasteiger partial charge < -0.3 is 15.4 Å². The minimum atomic E-state index is -0.830. The number of amides is 1. The van der Waals surface area contributed by atoms with E-state index in [0.717, 1.165) is 23.7 Å². The largest absolute Gasteiger partial charge is 0.378 e. The van der Waals surface area contributed by atoms with E-state index in [1.807, 2.05) is 43.9 Å². The molecule has 3 rings (SSSR count). The van der Waals surface area contributed by atoms with E-state index in [-0.39, 0.29) is 48.3 Å². The summed E-state index contributed by atoms with van der Waals surface area (Å²) in [6, 6.07) is 8.20. The van der Waals surface area contributed by atoms with Gasteiger partial charge in [-0.1, -0.05) is 43.6 Å². The van der Waals surface area contributed by atoms with Crippen LogP contribution in [0.2, 0.25) is 5.02 Å². The highest BCUT2D eigenvalue weighted by molar-refractivity contribution is 6.31. The average Bonchev–Trinajstić information content (AvgIpc) is 2.67. The fraction of sp³-hybridized carbons (Fsp3) is 0.667. The molecule has 1 aromatic rings. The lowest BCUT2D eigenvalue weighted by Crippen LogP contribution is -2.76. The van der Waals surface area contributed by atoms with Crippen molar-refractivity contribution in [1.82, 2.24) is 9.80 Å². The van der Waals surface area contributed by atoms with E-state index < -0.39 is 5.54 Å². The van der Waals surface area contributed by atoms with Crippen LogP contribution in [0, 0.1) is 5.41 Å². The normalized spacial score (nSPS) is 27.2. The van der Waals surface area contributed by atoms with Gasteiger partial charge in [-0.25, -0.2) is 0 Å². The van der Waals surface area contributed by atoms with Gasteiger partial charge in [-0.05, 0) is 25.5 Å². The minimum Gasteiger partial charge on any atom is -0.378 e. The number of halogens is 3. The molecule has 1 heterocycles. The van der Waals surface area contributed by atoms with Gasteiger partial charge in [-0.15, -0.1) is 24.8 Å². The highest BCUT2D eigenvalue weighted by Gasteiger charge is 2.63. The van der Waals surface area contributed by atoms with Crippen LogP contribution in [-0.4, -0.2) is 60.1 Å². The van der Waals surface area contributed by atoms with Gasteiger partial charge in [0, 0.05) is 55.7 Å². The Bertz CT molecular complexity index is 696. The summed E-state index contributed by atoms with van der Waals surface area (Å²) in [4.78, 5) is 17.5. The van der Waals surface area contributed by atoms with Crippen molar-refractivity contribution in [2.45, 2.75) is 51.8 Å². The van der Waals surface area contributed by atoms with Crippen molar-refractivity contribution in [3.05, 3.63) is 34.9 Å². The van der Waals surface area contributed by atoms with Crippen LogP contribution in [0.1, 0.15) is 45.7 Å². The van der Waals surface area contributed by atoms with E-state index in [2.05, 4.69) is 17.9 Å². The van der Waals surface area contributed by atoms with Gasteiger partial charge in [-0.2, -0.15) is 0 Å². The summed E-state index contributed by atoms with van der Waals surface area (Å²) in [6.07, 6.45) is 0.654. The molecule has 1 saturated carbocycles. The van der Waals surface area contributed by atoms with Gasteiger partial charge in [0.1, 0.15) is 5.54 Å². The first-order chi connectivity index (χ1) is 12.7. The Balaban J connectivity index is 0.00000210. The predicted octanol–water partition coefficient (Wildman–Crippen LogP) is 3.92. The lowest BCUT2D eigenvalue weighted by atomic mass is 9.54. The third-order valence-corrected chi connectivity index (χ3v) is 7.06. The monoisotopic (exact) mass is 465 g/mol. The third kappa shape index (κ3) is 4.70. The van der Waals surface area contributed by atoms with E-state index in [1.165, 1.54) is 0 Å². The maximum atomic E-state index is 13.2. The van der Waals surface area contributed by atoms with Gasteiger partial charge in [0.25, 0.3) is 0 Å². The minimum absolute atomic E-state index is 0. The summed E-state index contributed by atoms with van der Waals surface area (Å²) in [5.74, 6) is 0.0634. The Morgan fingerprint density at radius 1 is 1.24 bits per heavy atom. The van der Waals surface area contributed by atoms with Crippen molar-refractivity contribution in [3.63, 3.8) is 0 Å². The number of rotatable bonds is 5. The second kappa shape index (κ2) is 10.2. The van der Waals surface area contributed by atoms with Crippen LogP contribution in [0.4, 0.5) is 0 Å². The molecule has 0 bridgehead atoms. The van der Waals surface area contributed by atoms with Crippen molar-refractivity contribution in [2.75, 3.05) is 32.8 Å². The molecule has 1 saturated heterocycles. The van der Waals surface area contributed by atoms with Crippen LogP contribution in [0.25, 0.3) is 0 Å². The summed E-state index contributed by atoms with van der Waals surface area (Å²) in [5.41, 5.74) is 6.54. The molecule has 0 spiro atoms. The van der Waals surface area contributed by atoms with Crippen molar-refractivity contribution in [3.8, 4) is 0 Å².